The van der Waals surface area contributed by atoms with E-state index in [4.69, 9.17) is 5.73 Å². The highest BCUT2D eigenvalue weighted by atomic mass is 32.2. The Balaban J connectivity index is 2.26. The SMILES string of the molecule is CS(=O)(=O)CCSc1nc2ccc(N)cc2c(=O)[nH]1. The second kappa shape index (κ2) is 5.22. The van der Waals surface area contributed by atoms with E-state index in [1.807, 2.05) is 0 Å². The lowest BCUT2D eigenvalue weighted by Gasteiger charge is -2.03. The van der Waals surface area contributed by atoms with E-state index in [-0.39, 0.29) is 11.3 Å². The van der Waals surface area contributed by atoms with E-state index in [9.17, 15) is 13.2 Å². The minimum Gasteiger partial charge on any atom is -0.399 e. The van der Waals surface area contributed by atoms with E-state index in [0.717, 1.165) is 0 Å². The Morgan fingerprint density at radius 1 is 1.42 bits per heavy atom. The van der Waals surface area contributed by atoms with Crippen LogP contribution in [0.4, 0.5) is 5.69 Å². The number of hydrogen-bond acceptors (Lipinski definition) is 6. The summed E-state index contributed by atoms with van der Waals surface area (Å²) in [6.45, 7) is 0. The first-order chi connectivity index (χ1) is 8.85. The zero-order valence-electron chi connectivity index (χ0n) is 10.2. The number of nitrogen functional groups attached to an aromatic ring is 1. The first kappa shape index (κ1) is 13.9. The van der Waals surface area contributed by atoms with Gasteiger partial charge in [0.1, 0.15) is 9.84 Å². The molecule has 0 unspecified atom stereocenters. The zero-order chi connectivity index (χ0) is 14.0. The van der Waals surface area contributed by atoms with Crippen molar-refractivity contribution in [2.24, 2.45) is 0 Å². The molecule has 0 bridgehead atoms. The lowest BCUT2D eigenvalue weighted by Crippen LogP contribution is -2.11. The van der Waals surface area contributed by atoms with Crippen LogP contribution in [0.5, 0.6) is 0 Å². The molecule has 8 heteroatoms. The molecule has 1 aromatic heterocycles. The van der Waals surface area contributed by atoms with Crippen LogP contribution in [0.15, 0.2) is 28.2 Å². The Labute approximate surface area is 114 Å². The van der Waals surface area contributed by atoms with Crippen LogP contribution in [0.3, 0.4) is 0 Å². The second-order valence-corrected chi connectivity index (χ2v) is 7.47. The van der Waals surface area contributed by atoms with Crippen molar-refractivity contribution in [2.45, 2.75) is 5.16 Å². The monoisotopic (exact) mass is 299 g/mol. The summed E-state index contributed by atoms with van der Waals surface area (Å²) in [5.74, 6) is 0.392. The molecule has 0 aliphatic rings. The van der Waals surface area contributed by atoms with Crippen LogP contribution in [0.25, 0.3) is 10.9 Å². The van der Waals surface area contributed by atoms with E-state index >= 15 is 0 Å². The molecular formula is C11H13N3O3S2. The molecule has 0 aliphatic heterocycles. The smallest absolute Gasteiger partial charge is 0.259 e. The maximum Gasteiger partial charge on any atom is 0.259 e. The Hall–Kier alpha value is -1.54. The third-order valence-corrected chi connectivity index (χ3v) is 4.48. The van der Waals surface area contributed by atoms with Crippen molar-refractivity contribution in [3.63, 3.8) is 0 Å². The molecular weight excluding hydrogens is 286 g/mol. The van der Waals surface area contributed by atoms with E-state index < -0.39 is 9.84 Å². The number of thioether (sulfide) groups is 1. The third-order valence-electron chi connectivity index (χ3n) is 2.40. The van der Waals surface area contributed by atoms with Gasteiger partial charge in [-0.1, -0.05) is 11.8 Å². The largest absolute Gasteiger partial charge is 0.399 e. The average molecular weight is 299 g/mol. The number of nitrogens with one attached hydrogen (secondary N) is 1. The topological polar surface area (TPSA) is 106 Å². The number of nitrogens with two attached hydrogens (primary N) is 1. The highest BCUT2D eigenvalue weighted by Gasteiger charge is 2.07. The summed E-state index contributed by atoms with van der Waals surface area (Å²) < 4.78 is 22.0. The fourth-order valence-electron chi connectivity index (χ4n) is 1.49. The Morgan fingerprint density at radius 3 is 2.84 bits per heavy atom. The van der Waals surface area contributed by atoms with Crippen molar-refractivity contribution in [3.05, 3.63) is 28.6 Å². The maximum atomic E-state index is 11.8. The normalized spacial score (nSPS) is 11.8. The van der Waals surface area contributed by atoms with Gasteiger partial charge in [-0.2, -0.15) is 0 Å². The molecule has 0 saturated carbocycles. The molecule has 0 saturated heterocycles. The fraction of sp³-hybridized carbons (Fsp3) is 0.273. The lowest BCUT2D eigenvalue weighted by molar-refractivity contribution is 0.603. The summed E-state index contributed by atoms with van der Waals surface area (Å²) in [4.78, 5) is 18.7. The van der Waals surface area contributed by atoms with Crippen molar-refractivity contribution < 1.29 is 8.42 Å². The second-order valence-electron chi connectivity index (χ2n) is 4.13. The standard InChI is InChI=1S/C11H13N3O3S2/c1-19(16,17)5-4-18-11-13-9-3-2-7(12)6-8(9)10(15)14-11/h2-3,6H,4-5,12H2,1H3,(H,13,14,15). The number of aromatic nitrogens is 2. The summed E-state index contributed by atoms with van der Waals surface area (Å²) in [5.41, 5.74) is 6.37. The molecule has 19 heavy (non-hydrogen) atoms. The van der Waals surface area contributed by atoms with Crippen LogP contribution < -0.4 is 11.3 Å². The Bertz CT molecular complexity index is 768. The number of hydrogen-bond donors (Lipinski definition) is 2. The molecule has 2 aromatic rings. The molecule has 0 amide bonds. The van der Waals surface area contributed by atoms with Gasteiger partial charge in [-0.05, 0) is 18.2 Å². The summed E-state index contributed by atoms with van der Waals surface area (Å²) >= 11 is 1.20. The molecule has 3 N–H and O–H groups in total. The molecule has 0 spiro atoms. The predicted molar refractivity (Wildman–Crippen MR) is 77.2 cm³/mol. The van der Waals surface area contributed by atoms with Gasteiger partial charge < -0.3 is 10.7 Å². The quantitative estimate of drug-likeness (QED) is 0.487. The molecule has 2 rings (SSSR count). The first-order valence-electron chi connectivity index (χ1n) is 5.45. The van der Waals surface area contributed by atoms with Gasteiger partial charge in [-0.3, -0.25) is 4.79 Å². The number of rotatable bonds is 4. The molecule has 0 aliphatic carbocycles. The van der Waals surface area contributed by atoms with Gasteiger partial charge in [-0.25, -0.2) is 13.4 Å². The molecule has 0 fully saturated rings. The minimum absolute atomic E-state index is 0.0428. The van der Waals surface area contributed by atoms with Gasteiger partial charge in [0, 0.05) is 17.7 Å². The average Bonchev–Trinajstić information content (AvgIpc) is 2.28. The van der Waals surface area contributed by atoms with Crippen LogP contribution in [0.1, 0.15) is 0 Å². The number of sulfone groups is 1. The molecule has 102 valence electrons. The Morgan fingerprint density at radius 2 is 2.16 bits per heavy atom. The number of fused-ring (bicyclic) bond motifs is 1. The van der Waals surface area contributed by atoms with Gasteiger partial charge in [-0.15, -0.1) is 0 Å². The van der Waals surface area contributed by atoms with Crippen molar-refractivity contribution in [2.75, 3.05) is 23.5 Å². The minimum atomic E-state index is -3.01. The number of H-pyrrole nitrogens is 1. The highest BCUT2D eigenvalue weighted by Crippen LogP contribution is 2.16. The summed E-state index contributed by atoms with van der Waals surface area (Å²) in [5, 5.41) is 0.832. The van der Waals surface area contributed by atoms with Crippen molar-refractivity contribution in [1.82, 2.24) is 9.97 Å². The van der Waals surface area contributed by atoms with E-state index in [1.165, 1.54) is 18.0 Å². The van der Waals surface area contributed by atoms with Crippen molar-refractivity contribution >= 4 is 38.2 Å². The van der Waals surface area contributed by atoms with Crippen LogP contribution >= 0.6 is 11.8 Å². The maximum absolute atomic E-state index is 11.8. The van der Waals surface area contributed by atoms with E-state index in [1.54, 1.807) is 18.2 Å². The summed E-state index contributed by atoms with van der Waals surface area (Å²) in [7, 11) is -3.01. The molecule has 0 atom stereocenters. The van der Waals surface area contributed by atoms with Crippen molar-refractivity contribution in [3.8, 4) is 0 Å². The molecule has 1 aromatic carbocycles. The fourth-order valence-corrected chi connectivity index (χ4v) is 3.56. The number of aromatic amines is 1. The van der Waals surface area contributed by atoms with Gasteiger partial charge >= 0.3 is 0 Å². The summed E-state index contributed by atoms with van der Waals surface area (Å²) in [6.07, 6.45) is 1.17. The number of nitrogens with zero attached hydrogens (tertiary/aromatic N) is 1. The Kier molecular flexibility index (Phi) is 3.81. The first-order valence-corrected chi connectivity index (χ1v) is 8.50. The van der Waals surface area contributed by atoms with Crippen LogP contribution in [0.2, 0.25) is 0 Å². The molecule has 1 heterocycles. The van der Waals surface area contributed by atoms with Crippen LogP contribution in [-0.4, -0.2) is 36.1 Å². The van der Waals surface area contributed by atoms with Gasteiger partial charge in [0.2, 0.25) is 0 Å². The van der Waals surface area contributed by atoms with Gasteiger partial charge in [0.15, 0.2) is 5.16 Å². The van der Waals surface area contributed by atoms with Crippen LogP contribution in [0, 0.1) is 0 Å². The number of anilines is 1. The molecule has 0 radical (unpaired) electrons. The summed E-state index contributed by atoms with van der Waals surface area (Å²) in [6, 6.07) is 4.90. The van der Waals surface area contributed by atoms with E-state index in [0.29, 0.717) is 27.5 Å². The van der Waals surface area contributed by atoms with Gasteiger partial charge in [0.05, 0.1) is 16.7 Å². The zero-order valence-corrected chi connectivity index (χ0v) is 11.8. The van der Waals surface area contributed by atoms with Crippen LogP contribution in [-0.2, 0) is 9.84 Å². The van der Waals surface area contributed by atoms with Crippen molar-refractivity contribution in [1.29, 1.82) is 0 Å². The highest BCUT2D eigenvalue weighted by molar-refractivity contribution is 8.00. The number of benzene rings is 1. The van der Waals surface area contributed by atoms with Gasteiger partial charge in [0.25, 0.3) is 5.56 Å². The molecule has 6 nitrogen and oxygen atoms in total. The third kappa shape index (κ3) is 3.71. The predicted octanol–water partition coefficient (Wildman–Crippen LogP) is 0.642. The lowest BCUT2D eigenvalue weighted by atomic mass is 10.2. The van der Waals surface area contributed by atoms with E-state index in [2.05, 4.69) is 9.97 Å².